The molecule has 0 saturated carbocycles. The number of fused-ring (bicyclic) bond motifs is 1. The summed E-state index contributed by atoms with van der Waals surface area (Å²) in [5.41, 5.74) is 0.524. The number of carbonyl (C=O) groups is 4. The first-order valence-electron chi connectivity index (χ1n) is 9.05. The molecular weight excluding hydrogens is 364 g/mol. The van der Waals surface area contributed by atoms with Crippen molar-refractivity contribution in [3.63, 3.8) is 0 Å². The van der Waals surface area contributed by atoms with Gasteiger partial charge in [-0.05, 0) is 44.0 Å². The minimum atomic E-state index is -1.07. The molecule has 28 heavy (non-hydrogen) atoms. The van der Waals surface area contributed by atoms with Gasteiger partial charge in [-0.25, -0.2) is 4.79 Å². The zero-order chi connectivity index (χ0) is 20.3. The van der Waals surface area contributed by atoms with E-state index in [1.54, 1.807) is 24.3 Å². The number of rotatable bonds is 6. The van der Waals surface area contributed by atoms with Gasteiger partial charge in [0.15, 0.2) is 6.61 Å². The summed E-state index contributed by atoms with van der Waals surface area (Å²) in [6.07, 6.45) is 4.75. The van der Waals surface area contributed by atoms with E-state index in [0.717, 1.165) is 4.90 Å². The summed E-state index contributed by atoms with van der Waals surface area (Å²) in [4.78, 5) is 50.2. The van der Waals surface area contributed by atoms with Crippen molar-refractivity contribution in [1.82, 2.24) is 4.90 Å². The van der Waals surface area contributed by atoms with Gasteiger partial charge < -0.3 is 14.8 Å². The highest BCUT2D eigenvalue weighted by molar-refractivity contribution is 6.08. The third-order valence-corrected chi connectivity index (χ3v) is 4.99. The van der Waals surface area contributed by atoms with Crippen LogP contribution >= 0.6 is 0 Å². The predicted molar refractivity (Wildman–Crippen MR) is 99.3 cm³/mol. The number of anilines is 1. The topological polar surface area (TPSA) is 102 Å². The van der Waals surface area contributed by atoms with Crippen LogP contribution in [0.2, 0.25) is 0 Å². The van der Waals surface area contributed by atoms with Crippen LogP contribution < -0.4 is 10.1 Å². The number of likely N-dealkylation sites (tertiary alicyclic amines) is 1. The van der Waals surface area contributed by atoms with Crippen LogP contribution in [0.1, 0.15) is 19.8 Å². The molecule has 8 nitrogen and oxygen atoms in total. The second-order valence-electron chi connectivity index (χ2n) is 6.76. The maximum Gasteiger partial charge on any atom is 0.329 e. The fraction of sp³-hybridized carbons (Fsp3) is 0.400. The summed E-state index contributed by atoms with van der Waals surface area (Å²) in [7, 11) is 1.54. The highest BCUT2D eigenvalue weighted by atomic mass is 16.5. The number of allylic oxidation sites excluding steroid dienone is 2. The van der Waals surface area contributed by atoms with Gasteiger partial charge in [0.1, 0.15) is 11.8 Å². The largest absolute Gasteiger partial charge is 0.497 e. The molecule has 1 aliphatic carbocycles. The Hall–Kier alpha value is -3.16. The van der Waals surface area contributed by atoms with E-state index in [9.17, 15) is 19.2 Å². The van der Waals surface area contributed by atoms with Crippen LogP contribution in [0.4, 0.5) is 5.69 Å². The molecule has 3 amide bonds. The van der Waals surface area contributed by atoms with Crippen LogP contribution in [-0.2, 0) is 23.9 Å². The number of nitrogens with zero attached hydrogens (tertiary/aromatic N) is 1. The fourth-order valence-corrected chi connectivity index (χ4v) is 3.44. The van der Waals surface area contributed by atoms with Crippen molar-refractivity contribution in [2.75, 3.05) is 19.0 Å². The van der Waals surface area contributed by atoms with Gasteiger partial charge in [0.25, 0.3) is 5.91 Å². The quantitative estimate of drug-likeness (QED) is 0.452. The van der Waals surface area contributed by atoms with E-state index >= 15 is 0 Å². The summed E-state index contributed by atoms with van der Waals surface area (Å²) in [6, 6.07) is 5.60. The van der Waals surface area contributed by atoms with Crippen LogP contribution in [-0.4, -0.2) is 48.3 Å². The lowest BCUT2D eigenvalue weighted by molar-refractivity contribution is -0.159. The highest BCUT2D eigenvalue weighted by Gasteiger charge is 2.50. The van der Waals surface area contributed by atoms with Gasteiger partial charge in [0, 0.05) is 5.69 Å². The van der Waals surface area contributed by atoms with Gasteiger partial charge in [-0.3, -0.25) is 19.3 Å². The lowest BCUT2D eigenvalue weighted by Crippen LogP contribution is -2.45. The smallest absolute Gasteiger partial charge is 0.329 e. The molecule has 1 heterocycles. The second-order valence-corrected chi connectivity index (χ2v) is 6.76. The van der Waals surface area contributed by atoms with Crippen molar-refractivity contribution >= 4 is 29.4 Å². The Morgan fingerprint density at radius 1 is 1.11 bits per heavy atom. The van der Waals surface area contributed by atoms with Gasteiger partial charge >= 0.3 is 5.97 Å². The number of carbonyl (C=O) groups excluding carboxylic acids is 4. The number of hydrogen-bond donors (Lipinski definition) is 1. The molecule has 3 rings (SSSR count). The molecule has 8 heteroatoms. The molecule has 1 aromatic rings. The van der Waals surface area contributed by atoms with Crippen LogP contribution in [0.25, 0.3) is 0 Å². The van der Waals surface area contributed by atoms with Crippen LogP contribution in [0.3, 0.4) is 0 Å². The summed E-state index contributed by atoms with van der Waals surface area (Å²) < 4.78 is 10.0. The molecular formula is C20H22N2O6. The lowest BCUT2D eigenvalue weighted by atomic mass is 9.85. The average Bonchev–Trinajstić information content (AvgIpc) is 2.97. The molecule has 148 valence electrons. The number of amides is 3. The summed E-state index contributed by atoms with van der Waals surface area (Å²) >= 11 is 0. The summed E-state index contributed by atoms with van der Waals surface area (Å²) in [6.45, 7) is 0.921. The predicted octanol–water partition coefficient (Wildman–Crippen LogP) is 1.52. The SMILES string of the molecule is COc1ccc(NC(=O)COC(=O)[C@H](C)N2C(=O)[C@@H]3CC=CC[C@H]3C2=O)cc1. The molecule has 1 aliphatic heterocycles. The number of benzene rings is 1. The number of hydrogen-bond acceptors (Lipinski definition) is 6. The minimum Gasteiger partial charge on any atom is -0.497 e. The number of nitrogens with one attached hydrogen (secondary N) is 1. The lowest BCUT2D eigenvalue weighted by Gasteiger charge is -2.21. The van der Waals surface area contributed by atoms with Crippen molar-refractivity contribution in [2.45, 2.75) is 25.8 Å². The van der Waals surface area contributed by atoms with E-state index in [1.807, 2.05) is 12.2 Å². The molecule has 0 aromatic heterocycles. The molecule has 1 aromatic carbocycles. The summed E-state index contributed by atoms with van der Waals surface area (Å²) in [5, 5.41) is 2.59. The molecule has 0 spiro atoms. The third kappa shape index (κ3) is 3.90. The van der Waals surface area contributed by atoms with Crippen molar-refractivity contribution < 1.29 is 28.7 Å². The first kappa shape index (κ1) is 19.6. The van der Waals surface area contributed by atoms with E-state index in [1.165, 1.54) is 14.0 Å². The monoisotopic (exact) mass is 386 g/mol. The van der Waals surface area contributed by atoms with E-state index in [-0.39, 0.29) is 11.8 Å². The first-order chi connectivity index (χ1) is 13.4. The standard InChI is InChI=1S/C20H22N2O6/c1-12(22-18(24)15-5-3-4-6-16(15)19(22)25)20(26)28-11-17(23)21-13-7-9-14(27-2)10-8-13/h3-4,7-10,12,15-16H,5-6,11H2,1-2H3,(H,21,23)/t12-,15+,16+/m0/s1. The molecule has 3 atom stereocenters. The Morgan fingerprint density at radius 2 is 1.68 bits per heavy atom. The van der Waals surface area contributed by atoms with Crippen LogP contribution in [0.5, 0.6) is 5.75 Å². The Labute approximate surface area is 162 Å². The van der Waals surface area contributed by atoms with Crippen molar-refractivity contribution in [3.8, 4) is 5.75 Å². The first-order valence-corrected chi connectivity index (χ1v) is 9.05. The van der Waals surface area contributed by atoms with Crippen molar-refractivity contribution in [3.05, 3.63) is 36.4 Å². The molecule has 1 fully saturated rings. The van der Waals surface area contributed by atoms with Gasteiger partial charge in [0.05, 0.1) is 18.9 Å². The average molecular weight is 386 g/mol. The number of ether oxygens (including phenoxy) is 2. The molecule has 1 saturated heterocycles. The van der Waals surface area contributed by atoms with E-state index in [0.29, 0.717) is 24.3 Å². The Bertz CT molecular complexity index is 790. The number of esters is 1. The molecule has 0 unspecified atom stereocenters. The van der Waals surface area contributed by atoms with Crippen molar-refractivity contribution in [2.24, 2.45) is 11.8 Å². The minimum absolute atomic E-state index is 0.355. The Balaban J connectivity index is 1.53. The molecule has 0 radical (unpaired) electrons. The number of methoxy groups -OCH3 is 1. The molecule has 0 bridgehead atoms. The van der Waals surface area contributed by atoms with Crippen molar-refractivity contribution in [1.29, 1.82) is 0 Å². The normalized spacial score (nSPS) is 21.9. The van der Waals surface area contributed by atoms with Gasteiger partial charge in [-0.15, -0.1) is 0 Å². The van der Waals surface area contributed by atoms with Gasteiger partial charge in [-0.1, -0.05) is 12.2 Å². The second kappa shape index (κ2) is 8.24. The Kier molecular flexibility index (Phi) is 5.77. The fourth-order valence-electron chi connectivity index (χ4n) is 3.44. The molecule has 2 aliphatic rings. The highest BCUT2D eigenvalue weighted by Crippen LogP contribution is 2.36. The van der Waals surface area contributed by atoms with Crippen LogP contribution in [0.15, 0.2) is 36.4 Å². The number of imide groups is 1. The van der Waals surface area contributed by atoms with Crippen LogP contribution in [0, 0.1) is 11.8 Å². The molecule has 1 N–H and O–H groups in total. The van der Waals surface area contributed by atoms with Gasteiger partial charge in [-0.2, -0.15) is 0 Å². The maximum absolute atomic E-state index is 12.5. The summed E-state index contributed by atoms with van der Waals surface area (Å²) in [5.74, 6) is -2.20. The van der Waals surface area contributed by atoms with E-state index in [2.05, 4.69) is 5.32 Å². The zero-order valence-electron chi connectivity index (χ0n) is 15.7. The zero-order valence-corrected chi connectivity index (χ0v) is 15.7. The maximum atomic E-state index is 12.5. The van der Waals surface area contributed by atoms with E-state index < -0.39 is 36.4 Å². The van der Waals surface area contributed by atoms with Gasteiger partial charge in [0.2, 0.25) is 11.8 Å². The Morgan fingerprint density at radius 3 is 2.21 bits per heavy atom. The third-order valence-electron chi connectivity index (χ3n) is 4.99. The van der Waals surface area contributed by atoms with E-state index in [4.69, 9.17) is 9.47 Å².